The Hall–Kier alpha value is -1.67. The van der Waals surface area contributed by atoms with Crippen LogP contribution < -0.4 is 5.32 Å². The van der Waals surface area contributed by atoms with E-state index >= 15 is 0 Å². The zero-order chi connectivity index (χ0) is 14.7. The van der Waals surface area contributed by atoms with E-state index in [4.69, 9.17) is 0 Å². The van der Waals surface area contributed by atoms with Crippen LogP contribution in [0.4, 0.5) is 4.39 Å². The molecular weight excluding hydrogens is 249 g/mol. The third-order valence-corrected chi connectivity index (χ3v) is 3.90. The minimum Gasteiger partial charge on any atom is -0.306 e. The number of hydrogen-bond acceptors (Lipinski definition) is 1. The minimum absolute atomic E-state index is 0.131. The summed E-state index contributed by atoms with van der Waals surface area (Å²) in [5.74, 6) is -0.182. The highest BCUT2D eigenvalue weighted by molar-refractivity contribution is 5.36. The number of halogens is 1. The van der Waals surface area contributed by atoms with Crippen LogP contribution in [0.2, 0.25) is 0 Å². The molecule has 1 N–H and O–H groups in total. The van der Waals surface area contributed by atoms with Crippen molar-refractivity contribution < 1.29 is 4.39 Å². The summed E-state index contributed by atoms with van der Waals surface area (Å²) >= 11 is 0. The summed E-state index contributed by atoms with van der Waals surface area (Å²) in [5.41, 5.74) is 6.21. The molecular formula is C18H22FN. The van der Waals surface area contributed by atoms with Gasteiger partial charge in [-0.1, -0.05) is 24.3 Å². The first-order valence-electron chi connectivity index (χ1n) is 7.03. The van der Waals surface area contributed by atoms with Crippen molar-refractivity contribution in [3.05, 3.63) is 70.0 Å². The van der Waals surface area contributed by atoms with Gasteiger partial charge in [0.2, 0.25) is 0 Å². The summed E-state index contributed by atoms with van der Waals surface area (Å²) in [6.45, 7) is 9.26. The van der Waals surface area contributed by atoms with Gasteiger partial charge in [-0.3, -0.25) is 0 Å². The van der Waals surface area contributed by atoms with E-state index in [1.165, 1.54) is 28.3 Å². The molecule has 20 heavy (non-hydrogen) atoms. The Morgan fingerprint density at radius 1 is 1.00 bits per heavy atom. The molecule has 0 unspecified atom stereocenters. The van der Waals surface area contributed by atoms with Crippen LogP contribution in [0.5, 0.6) is 0 Å². The Bertz CT molecular complexity index is 604. The molecule has 0 saturated heterocycles. The molecule has 0 aromatic heterocycles. The van der Waals surface area contributed by atoms with E-state index < -0.39 is 0 Å². The van der Waals surface area contributed by atoms with Gasteiger partial charge in [0.25, 0.3) is 0 Å². The van der Waals surface area contributed by atoms with Gasteiger partial charge in [0, 0.05) is 12.6 Å². The maximum atomic E-state index is 13.2. The van der Waals surface area contributed by atoms with Crippen molar-refractivity contribution in [3.8, 4) is 0 Å². The SMILES string of the molecule is Cc1cc(C)c(CN[C@H](C)c2cccc(F)c2)cc1C. The van der Waals surface area contributed by atoms with Crippen molar-refractivity contribution in [3.63, 3.8) is 0 Å². The first-order valence-corrected chi connectivity index (χ1v) is 7.03. The number of rotatable bonds is 4. The Morgan fingerprint density at radius 3 is 2.40 bits per heavy atom. The van der Waals surface area contributed by atoms with E-state index in [9.17, 15) is 4.39 Å². The van der Waals surface area contributed by atoms with Crippen molar-refractivity contribution in [1.82, 2.24) is 5.32 Å². The van der Waals surface area contributed by atoms with Gasteiger partial charge in [0.15, 0.2) is 0 Å². The highest BCUT2D eigenvalue weighted by Gasteiger charge is 2.07. The van der Waals surface area contributed by atoms with Crippen molar-refractivity contribution in [2.45, 2.75) is 40.3 Å². The second-order valence-corrected chi connectivity index (χ2v) is 5.52. The lowest BCUT2D eigenvalue weighted by molar-refractivity contribution is 0.564. The minimum atomic E-state index is -0.182. The Kier molecular flexibility index (Phi) is 4.56. The van der Waals surface area contributed by atoms with Crippen LogP contribution in [0.1, 0.15) is 40.8 Å². The van der Waals surface area contributed by atoms with Crippen LogP contribution in [-0.4, -0.2) is 0 Å². The molecule has 1 atom stereocenters. The second-order valence-electron chi connectivity index (χ2n) is 5.52. The molecule has 0 fully saturated rings. The van der Waals surface area contributed by atoms with E-state index in [-0.39, 0.29) is 11.9 Å². The molecule has 0 radical (unpaired) electrons. The molecule has 2 heteroatoms. The lowest BCUT2D eigenvalue weighted by Crippen LogP contribution is -2.19. The van der Waals surface area contributed by atoms with Crippen molar-refractivity contribution in [2.24, 2.45) is 0 Å². The van der Waals surface area contributed by atoms with Gasteiger partial charge < -0.3 is 5.32 Å². The first kappa shape index (κ1) is 14.7. The Balaban J connectivity index is 2.07. The normalized spacial score (nSPS) is 12.4. The summed E-state index contributed by atoms with van der Waals surface area (Å²) in [5, 5.41) is 3.46. The highest BCUT2D eigenvalue weighted by Crippen LogP contribution is 2.18. The van der Waals surface area contributed by atoms with E-state index in [0.29, 0.717) is 0 Å². The fourth-order valence-electron chi connectivity index (χ4n) is 2.37. The van der Waals surface area contributed by atoms with Gasteiger partial charge in [-0.15, -0.1) is 0 Å². The van der Waals surface area contributed by atoms with Crippen LogP contribution in [0.3, 0.4) is 0 Å². The number of benzene rings is 2. The molecule has 0 saturated carbocycles. The van der Waals surface area contributed by atoms with Crippen LogP contribution in [0.15, 0.2) is 36.4 Å². The summed E-state index contributed by atoms with van der Waals surface area (Å²) < 4.78 is 13.2. The zero-order valence-corrected chi connectivity index (χ0v) is 12.6. The van der Waals surface area contributed by atoms with Crippen molar-refractivity contribution in [1.29, 1.82) is 0 Å². The smallest absolute Gasteiger partial charge is 0.123 e. The van der Waals surface area contributed by atoms with Crippen LogP contribution in [0.25, 0.3) is 0 Å². The largest absolute Gasteiger partial charge is 0.306 e. The van der Waals surface area contributed by atoms with Crippen LogP contribution in [0, 0.1) is 26.6 Å². The first-order chi connectivity index (χ1) is 9.47. The van der Waals surface area contributed by atoms with Crippen molar-refractivity contribution in [2.75, 3.05) is 0 Å². The van der Waals surface area contributed by atoms with Gasteiger partial charge >= 0.3 is 0 Å². The molecule has 1 nitrogen and oxygen atoms in total. The number of nitrogens with one attached hydrogen (secondary N) is 1. The van der Waals surface area contributed by atoms with E-state index in [2.05, 4.69) is 45.1 Å². The summed E-state index contributed by atoms with van der Waals surface area (Å²) in [6, 6.07) is 11.4. The molecule has 0 spiro atoms. The summed E-state index contributed by atoms with van der Waals surface area (Å²) in [6.07, 6.45) is 0. The van der Waals surface area contributed by atoms with Gasteiger partial charge in [0.1, 0.15) is 5.82 Å². The van der Waals surface area contributed by atoms with Gasteiger partial charge in [-0.25, -0.2) is 4.39 Å². The number of hydrogen-bond donors (Lipinski definition) is 1. The summed E-state index contributed by atoms with van der Waals surface area (Å²) in [7, 11) is 0. The standard InChI is InChI=1S/C18H22FN/c1-12-8-14(3)17(9-13(12)2)11-20-15(4)16-6-5-7-18(19)10-16/h5-10,15,20H,11H2,1-4H3/t15-/m1/s1. The quantitative estimate of drug-likeness (QED) is 0.856. The van der Waals surface area contributed by atoms with E-state index in [1.807, 2.05) is 6.07 Å². The van der Waals surface area contributed by atoms with Gasteiger partial charge in [-0.2, -0.15) is 0 Å². The second kappa shape index (κ2) is 6.19. The predicted octanol–water partition coefficient (Wildman–Crippen LogP) is 4.60. The molecule has 0 aliphatic heterocycles. The third-order valence-electron chi connectivity index (χ3n) is 3.90. The third kappa shape index (κ3) is 3.45. The average Bonchev–Trinajstić information content (AvgIpc) is 2.41. The molecule has 0 aliphatic carbocycles. The van der Waals surface area contributed by atoms with Gasteiger partial charge in [-0.05, 0) is 67.6 Å². The van der Waals surface area contributed by atoms with Crippen molar-refractivity contribution >= 4 is 0 Å². The molecule has 2 aromatic rings. The number of aryl methyl sites for hydroxylation is 3. The highest BCUT2D eigenvalue weighted by atomic mass is 19.1. The Morgan fingerprint density at radius 2 is 1.70 bits per heavy atom. The van der Waals surface area contributed by atoms with E-state index in [1.54, 1.807) is 12.1 Å². The summed E-state index contributed by atoms with van der Waals surface area (Å²) in [4.78, 5) is 0. The van der Waals surface area contributed by atoms with E-state index in [0.717, 1.165) is 12.1 Å². The fraction of sp³-hybridized carbons (Fsp3) is 0.333. The molecule has 0 aliphatic rings. The molecule has 106 valence electrons. The average molecular weight is 271 g/mol. The van der Waals surface area contributed by atoms with Crippen LogP contribution in [-0.2, 0) is 6.54 Å². The fourth-order valence-corrected chi connectivity index (χ4v) is 2.37. The monoisotopic (exact) mass is 271 g/mol. The molecule has 2 aromatic carbocycles. The molecule has 0 heterocycles. The zero-order valence-electron chi connectivity index (χ0n) is 12.6. The maximum absolute atomic E-state index is 13.2. The molecule has 2 rings (SSSR count). The van der Waals surface area contributed by atoms with Gasteiger partial charge in [0.05, 0.1) is 0 Å². The molecule has 0 amide bonds. The lowest BCUT2D eigenvalue weighted by Gasteiger charge is -2.16. The maximum Gasteiger partial charge on any atom is 0.123 e. The van der Waals surface area contributed by atoms with Crippen LogP contribution >= 0.6 is 0 Å². The topological polar surface area (TPSA) is 12.0 Å². The predicted molar refractivity (Wildman–Crippen MR) is 82.3 cm³/mol. The Labute approximate surface area is 120 Å². The lowest BCUT2D eigenvalue weighted by atomic mass is 10.0. The molecule has 0 bridgehead atoms.